The minimum atomic E-state index is 0.293. The van der Waals surface area contributed by atoms with Crippen LogP contribution >= 0.6 is 0 Å². The number of benzene rings is 1. The molecule has 0 saturated heterocycles. The normalized spacial score (nSPS) is 15.1. The lowest BCUT2D eigenvalue weighted by Crippen LogP contribution is -2.26. The van der Waals surface area contributed by atoms with E-state index in [0.717, 1.165) is 12.8 Å². The van der Waals surface area contributed by atoms with E-state index in [2.05, 4.69) is 45.0 Å². The summed E-state index contributed by atoms with van der Waals surface area (Å²) >= 11 is 0. The highest BCUT2D eigenvalue weighted by molar-refractivity contribution is 5.26. The molecule has 1 aromatic carbocycles. The first-order valence-electron chi connectivity index (χ1n) is 5.47. The zero-order valence-corrected chi connectivity index (χ0v) is 9.46. The molecule has 0 saturated carbocycles. The molecule has 1 rings (SSSR count). The number of rotatable bonds is 4. The van der Waals surface area contributed by atoms with Crippen molar-refractivity contribution in [1.29, 1.82) is 0 Å². The zero-order chi connectivity index (χ0) is 10.6. The Morgan fingerprint density at radius 1 is 1.36 bits per heavy atom. The van der Waals surface area contributed by atoms with Gasteiger partial charge in [-0.05, 0) is 24.8 Å². The Morgan fingerprint density at radius 3 is 2.64 bits per heavy atom. The maximum absolute atomic E-state index is 6.11. The Kier molecular flexibility index (Phi) is 4.15. The van der Waals surface area contributed by atoms with Crippen LogP contribution < -0.4 is 5.73 Å². The Bertz CT molecular complexity index is 280. The Labute approximate surface area is 87.3 Å². The summed E-state index contributed by atoms with van der Waals surface area (Å²) in [6.07, 6.45) is 2.27. The van der Waals surface area contributed by atoms with Gasteiger partial charge in [-0.15, -0.1) is 0 Å². The van der Waals surface area contributed by atoms with Crippen molar-refractivity contribution < 1.29 is 0 Å². The van der Waals surface area contributed by atoms with Crippen molar-refractivity contribution in [3.8, 4) is 0 Å². The molecule has 0 heterocycles. The second-order valence-electron chi connectivity index (χ2n) is 4.16. The van der Waals surface area contributed by atoms with Gasteiger partial charge in [0, 0.05) is 6.04 Å². The van der Waals surface area contributed by atoms with Gasteiger partial charge in [-0.1, -0.05) is 50.1 Å². The van der Waals surface area contributed by atoms with Crippen LogP contribution in [0.5, 0.6) is 0 Å². The molecule has 0 aliphatic rings. The molecule has 0 aromatic heterocycles. The number of aryl methyl sites for hydroxylation is 1. The molecule has 1 nitrogen and oxygen atoms in total. The predicted molar refractivity (Wildman–Crippen MR) is 62.5 cm³/mol. The SMILES string of the molecule is CCCC(N)C(C)c1cccc(C)c1. The van der Waals surface area contributed by atoms with Gasteiger partial charge < -0.3 is 5.73 Å². The molecule has 0 aliphatic heterocycles. The van der Waals surface area contributed by atoms with Crippen molar-refractivity contribution in [2.75, 3.05) is 0 Å². The number of hydrogen-bond acceptors (Lipinski definition) is 1. The molecule has 0 aliphatic carbocycles. The third kappa shape index (κ3) is 2.85. The smallest absolute Gasteiger partial charge is 0.0105 e. The van der Waals surface area contributed by atoms with E-state index in [4.69, 9.17) is 5.73 Å². The summed E-state index contributed by atoms with van der Waals surface area (Å²) in [4.78, 5) is 0. The van der Waals surface area contributed by atoms with Gasteiger partial charge in [0.05, 0.1) is 0 Å². The van der Waals surface area contributed by atoms with Crippen molar-refractivity contribution in [2.24, 2.45) is 5.73 Å². The van der Waals surface area contributed by atoms with Crippen LogP contribution in [0.4, 0.5) is 0 Å². The van der Waals surface area contributed by atoms with Gasteiger partial charge in [0.15, 0.2) is 0 Å². The Morgan fingerprint density at radius 2 is 2.07 bits per heavy atom. The Balaban J connectivity index is 2.73. The largest absolute Gasteiger partial charge is 0.327 e. The van der Waals surface area contributed by atoms with E-state index in [0.29, 0.717) is 12.0 Å². The molecule has 0 amide bonds. The van der Waals surface area contributed by atoms with Crippen LogP contribution in [-0.2, 0) is 0 Å². The standard InChI is InChI=1S/C13H21N/c1-4-6-13(14)11(3)12-8-5-7-10(2)9-12/h5,7-9,11,13H,4,6,14H2,1-3H3. The van der Waals surface area contributed by atoms with Crippen molar-refractivity contribution in [1.82, 2.24) is 0 Å². The summed E-state index contributed by atoms with van der Waals surface area (Å²) in [5.41, 5.74) is 8.79. The average molecular weight is 191 g/mol. The van der Waals surface area contributed by atoms with Gasteiger partial charge in [-0.3, -0.25) is 0 Å². The topological polar surface area (TPSA) is 26.0 Å². The van der Waals surface area contributed by atoms with Crippen molar-refractivity contribution in [3.63, 3.8) is 0 Å². The van der Waals surface area contributed by atoms with Gasteiger partial charge in [-0.25, -0.2) is 0 Å². The molecule has 1 heteroatoms. The van der Waals surface area contributed by atoms with Gasteiger partial charge >= 0.3 is 0 Å². The minimum Gasteiger partial charge on any atom is -0.327 e. The highest BCUT2D eigenvalue weighted by Crippen LogP contribution is 2.21. The first-order valence-corrected chi connectivity index (χ1v) is 5.47. The molecule has 2 N–H and O–H groups in total. The molecular formula is C13H21N. The summed E-state index contributed by atoms with van der Waals surface area (Å²) in [5, 5.41) is 0. The fourth-order valence-corrected chi connectivity index (χ4v) is 1.78. The highest BCUT2D eigenvalue weighted by Gasteiger charge is 2.13. The van der Waals surface area contributed by atoms with E-state index in [1.54, 1.807) is 0 Å². The molecular weight excluding hydrogens is 170 g/mol. The summed E-state index contributed by atoms with van der Waals surface area (Å²) in [7, 11) is 0. The fraction of sp³-hybridized carbons (Fsp3) is 0.538. The van der Waals surface area contributed by atoms with E-state index in [-0.39, 0.29) is 0 Å². The molecule has 2 atom stereocenters. The van der Waals surface area contributed by atoms with Crippen LogP contribution in [-0.4, -0.2) is 6.04 Å². The molecule has 0 spiro atoms. The summed E-state index contributed by atoms with van der Waals surface area (Å²) < 4.78 is 0. The summed E-state index contributed by atoms with van der Waals surface area (Å²) in [6.45, 7) is 6.53. The summed E-state index contributed by atoms with van der Waals surface area (Å²) in [6, 6.07) is 8.94. The van der Waals surface area contributed by atoms with Crippen molar-refractivity contribution >= 4 is 0 Å². The van der Waals surface area contributed by atoms with Crippen LogP contribution in [0, 0.1) is 6.92 Å². The molecule has 0 fully saturated rings. The van der Waals surface area contributed by atoms with E-state index in [1.165, 1.54) is 11.1 Å². The van der Waals surface area contributed by atoms with Crippen molar-refractivity contribution in [2.45, 2.75) is 45.6 Å². The monoisotopic (exact) mass is 191 g/mol. The van der Waals surface area contributed by atoms with Crippen molar-refractivity contribution in [3.05, 3.63) is 35.4 Å². The van der Waals surface area contributed by atoms with E-state index >= 15 is 0 Å². The molecule has 14 heavy (non-hydrogen) atoms. The maximum Gasteiger partial charge on any atom is 0.0105 e. The quantitative estimate of drug-likeness (QED) is 0.777. The van der Waals surface area contributed by atoms with E-state index in [1.807, 2.05) is 0 Å². The predicted octanol–water partition coefficient (Wildman–Crippen LogP) is 3.23. The van der Waals surface area contributed by atoms with Crippen LogP contribution in [0.2, 0.25) is 0 Å². The molecule has 0 bridgehead atoms. The van der Waals surface area contributed by atoms with Gasteiger partial charge in [0.2, 0.25) is 0 Å². The second-order valence-corrected chi connectivity index (χ2v) is 4.16. The number of hydrogen-bond donors (Lipinski definition) is 1. The molecule has 1 aromatic rings. The fourth-order valence-electron chi connectivity index (χ4n) is 1.78. The first-order chi connectivity index (χ1) is 6.65. The third-order valence-corrected chi connectivity index (χ3v) is 2.83. The molecule has 2 unspecified atom stereocenters. The van der Waals surface area contributed by atoms with Crippen LogP contribution in [0.3, 0.4) is 0 Å². The summed E-state index contributed by atoms with van der Waals surface area (Å²) in [5.74, 6) is 0.467. The Hall–Kier alpha value is -0.820. The van der Waals surface area contributed by atoms with Gasteiger partial charge in [-0.2, -0.15) is 0 Å². The zero-order valence-electron chi connectivity index (χ0n) is 9.46. The first kappa shape index (κ1) is 11.3. The second kappa shape index (κ2) is 5.16. The maximum atomic E-state index is 6.11. The van der Waals surface area contributed by atoms with E-state index in [9.17, 15) is 0 Å². The van der Waals surface area contributed by atoms with Crippen LogP contribution in [0.15, 0.2) is 24.3 Å². The minimum absolute atomic E-state index is 0.293. The average Bonchev–Trinajstić information content (AvgIpc) is 2.17. The lowest BCUT2D eigenvalue weighted by atomic mass is 9.90. The number of nitrogens with two attached hydrogens (primary N) is 1. The lowest BCUT2D eigenvalue weighted by Gasteiger charge is -2.20. The van der Waals surface area contributed by atoms with Gasteiger partial charge in [0.25, 0.3) is 0 Å². The molecule has 0 radical (unpaired) electrons. The van der Waals surface area contributed by atoms with E-state index < -0.39 is 0 Å². The highest BCUT2D eigenvalue weighted by atomic mass is 14.6. The lowest BCUT2D eigenvalue weighted by molar-refractivity contribution is 0.522. The third-order valence-electron chi connectivity index (χ3n) is 2.83. The van der Waals surface area contributed by atoms with Gasteiger partial charge in [0.1, 0.15) is 0 Å². The van der Waals surface area contributed by atoms with Crippen LogP contribution in [0.1, 0.15) is 43.7 Å². The van der Waals surface area contributed by atoms with Crippen LogP contribution in [0.25, 0.3) is 0 Å². The molecule has 78 valence electrons.